The molecule has 0 aliphatic carbocycles. The molecule has 0 amide bonds. The molecule has 0 aliphatic rings. The summed E-state index contributed by atoms with van der Waals surface area (Å²) in [7, 11) is 2.11. The molecular weight excluding hydrogens is 242 g/mol. The molecule has 1 aromatic rings. The largest absolute Gasteiger partial charge is 0.313 e. The van der Waals surface area contributed by atoms with Gasteiger partial charge in [0.05, 0.1) is 0 Å². The highest BCUT2D eigenvalue weighted by atomic mass is 14.9. The molecule has 20 heavy (non-hydrogen) atoms. The first-order valence-corrected chi connectivity index (χ1v) is 8.26. The smallest absolute Gasteiger partial charge is 0.0374 e. The highest BCUT2D eigenvalue weighted by molar-refractivity contribution is 5.42. The molecule has 1 nitrogen and oxygen atoms in total. The van der Waals surface area contributed by atoms with Crippen molar-refractivity contribution in [2.75, 3.05) is 7.05 Å². The number of nitrogens with one attached hydrogen (secondary N) is 1. The van der Waals surface area contributed by atoms with Gasteiger partial charge in [-0.15, -0.1) is 0 Å². The van der Waals surface area contributed by atoms with Gasteiger partial charge in [-0.05, 0) is 60.4 Å². The summed E-state index contributed by atoms with van der Waals surface area (Å²) in [6.07, 6.45) is 4.55. The summed E-state index contributed by atoms with van der Waals surface area (Å²) in [5.41, 5.74) is 6.37. The van der Waals surface area contributed by atoms with E-state index in [-0.39, 0.29) is 5.41 Å². The number of rotatable bonds is 7. The lowest BCUT2D eigenvalue weighted by Gasteiger charge is -2.36. The van der Waals surface area contributed by atoms with Crippen LogP contribution >= 0.6 is 0 Å². The fourth-order valence-electron chi connectivity index (χ4n) is 3.14. The molecule has 1 atom stereocenters. The minimum atomic E-state index is 0.274. The summed E-state index contributed by atoms with van der Waals surface area (Å²) in [5, 5.41) is 3.60. The molecule has 1 aromatic carbocycles. The van der Waals surface area contributed by atoms with E-state index >= 15 is 0 Å². The van der Waals surface area contributed by atoms with Gasteiger partial charge in [-0.3, -0.25) is 0 Å². The van der Waals surface area contributed by atoms with Crippen LogP contribution in [0.15, 0.2) is 12.1 Å². The van der Waals surface area contributed by atoms with Crippen LogP contribution in [0.3, 0.4) is 0 Å². The summed E-state index contributed by atoms with van der Waals surface area (Å²) in [4.78, 5) is 0. The molecule has 0 saturated carbocycles. The molecule has 0 aromatic heterocycles. The Morgan fingerprint density at radius 2 is 1.45 bits per heavy atom. The fraction of sp³-hybridized carbons (Fsp3) is 0.684. The normalized spacial score (nSPS) is 13.6. The summed E-state index contributed by atoms with van der Waals surface area (Å²) in [6.45, 7) is 13.9. The Hall–Kier alpha value is -0.820. The number of benzene rings is 1. The zero-order valence-corrected chi connectivity index (χ0v) is 14.6. The average Bonchev–Trinajstić information content (AvgIpc) is 2.47. The molecule has 114 valence electrons. The van der Waals surface area contributed by atoms with E-state index in [0.29, 0.717) is 6.04 Å². The monoisotopic (exact) mass is 275 g/mol. The van der Waals surface area contributed by atoms with Gasteiger partial charge >= 0.3 is 0 Å². The number of aryl methyl sites for hydroxylation is 3. The minimum Gasteiger partial charge on any atom is -0.313 e. The summed E-state index contributed by atoms with van der Waals surface area (Å²) < 4.78 is 0. The van der Waals surface area contributed by atoms with Gasteiger partial charge in [0.25, 0.3) is 0 Å². The Labute approximate surface area is 126 Å². The lowest BCUT2D eigenvalue weighted by atomic mass is 9.74. The van der Waals surface area contributed by atoms with Gasteiger partial charge in [-0.2, -0.15) is 0 Å². The van der Waals surface area contributed by atoms with Gasteiger partial charge in [0.15, 0.2) is 0 Å². The van der Waals surface area contributed by atoms with E-state index in [1.165, 1.54) is 23.1 Å². The van der Waals surface area contributed by atoms with Crippen molar-refractivity contribution in [1.29, 1.82) is 0 Å². The van der Waals surface area contributed by atoms with E-state index in [4.69, 9.17) is 0 Å². The van der Waals surface area contributed by atoms with E-state index in [1.54, 1.807) is 5.56 Å². The predicted octanol–water partition coefficient (Wildman–Crippen LogP) is 5.07. The molecule has 0 saturated heterocycles. The third-order valence-electron chi connectivity index (χ3n) is 4.85. The zero-order chi connectivity index (χ0) is 15.3. The van der Waals surface area contributed by atoms with Crippen LogP contribution in [0, 0.1) is 5.41 Å². The molecular formula is C19H33N. The van der Waals surface area contributed by atoms with Crippen molar-refractivity contribution in [1.82, 2.24) is 5.32 Å². The first-order chi connectivity index (χ1) is 9.44. The molecule has 1 N–H and O–H groups in total. The number of hydrogen-bond acceptors (Lipinski definition) is 1. The van der Waals surface area contributed by atoms with Gasteiger partial charge in [-0.1, -0.05) is 53.7 Å². The van der Waals surface area contributed by atoms with Gasteiger partial charge in [-0.25, -0.2) is 0 Å². The van der Waals surface area contributed by atoms with Gasteiger partial charge in [0, 0.05) is 6.04 Å². The average molecular weight is 275 g/mol. The van der Waals surface area contributed by atoms with Crippen LogP contribution in [-0.4, -0.2) is 7.05 Å². The SMILES string of the molecule is CCc1cc(CC)c(C(NC)C(C)(C)CC)c(CC)c1. The van der Waals surface area contributed by atoms with Gasteiger partial charge in [0.2, 0.25) is 0 Å². The predicted molar refractivity (Wildman–Crippen MR) is 90.4 cm³/mol. The highest BCUT2D eigenvalue weighted by Gasteiger charge is 2.30. The quantitative estimate of drug-likeness (QED) is 0.732. The van der Waals surface area contributed by atoms with Crippen LogP contribution in [0.25, 0.3) is 0 Å². The second-order valence-corrected chi connectivity index (χ2v) is 6.45. The maximum Gasteiger partial charge on any atom is 0.0374 e. The number of hydrogen-bond donors (Lipinski definition) is 1. The third-order valence-corrected chi connectivity index (χ3v) is 4.85. The second-order valence-electron chi connectivity index (χ2n) is 6.45. The molecule has 0 spiro atoms. The van der Waals surface area contributed by atoms with Crippen LogP contribution in [0.5, 0.6) is 0 Å². The van der Waals surface area contributed by atoms with Crippen molar-refractivity contribution < 1.29 is 0 Å². The second kappa shape index (κ2) is 7.26. The third kappa shape index (κ3) is 3.44. The maximum atomic E-state index is 3.60. The summed E-state index contributed by atoms with van der Waals surface area (Å²) >= 11 is 0. The molecule has 0 aliphatic heterocycles. The molecule has 1 rings (SSSR count). The molecule has 0 heterocycles. The first-order valence-electron chi connectivity index (χ1n) is 8.26. The van der Waals surface area contributed by atoms with E-state index in [2.05, 4.69) is 66.0 Å². The Morgan fingerprint density at radius 3 is 1.75 bits per heavy atom. The van der Waals surface area contributed by atoms with Crippen LogP contribution in [0.1, 0.15) is 76.3 Å². The van der Waals surface area contributed by atoms with E-state index in [9.17, 15) is 0 Å². The van der Waals surface area contributed by atoms with E-state index in [0.717, 1.165) is 19.3 Å². The van der Waals surface area contributed by atoms with Crippen LogP contribution < -0.4 is 5.32 Å². The Kier molecular flexibility index (Phi) is 6.26. The van der Waals surface area contributed by atoms with E-state index < -0.39 is 0 Å². The van der Waals surface area contributed by atoms with Crippen LogP contribution in [0.4, 0.5) is 0 Å². The van der Waals surface area contributed by atoms with Crippen LogP contribution in [0.2, 0.25) is 0 Å². The molecule has 1 unspecified atom stereocenters. The Balaban J connectivity index is 3.47. The molecule has 0 fully saturated rings. The fourth-order valence-corrected chi connectivity index (χ4v) is 3.14. The van der Waals surface area contributed by atoms with Crippen LogP contribution in [-0.2, 0) is 19.3 Å². The van der Waals surface area contributed by atoms with Gasteiger partial charge < -0.3 is 5.32 Å². The molecule has 0 radical (unpaired) electrons. The van der Waals surface area contributed by atoms with Crippen molar-refractivity contribution in [3.63, 3.8) is 0 Å². The molecule has 0 bridgehead atoms. The zero-order valence-electron chi connectivity index (χ0n) is 14.6. The standard InChI is InChI=1S/C19H33N/c1-8-14-12-15(9-2)17(16(10-3)13-14)18(20-7)19(5,6)11-4/h12-13,18,20H,8-11H2,1-7H3. The summed E-state index contributed by atoms with van der Waals surface area (Å²) in [6, 6.07) is 5.28. The topological polar surface area (TPSA) is 12.0 Å². The first kappa shape index (κ1) is 17.2. The highest BCUT2D eigenvalue weighted by Crippen LogP contribution is 2.39. The lowest BCUT2D eigenvalue weighted by Crippen LogP contribution is -2.33. The van der Waals surface area contributed by atoms with Crippen molar-refractivity contribution in [3.05, 3.63) is 34.4 Å². The Morgan fingerprint density at radius 1 is 0.950 bits per heavy atom. The van der Waals surface area contributed by atoms with E-state index in [1.807, 2.05) is 0 Å². The van der Waals surface area contributed by atoms with Crippen molar-refractivity contribution in [3.8, 4) is 0 Å². The van der Waals surface area contributed by atoms with Crippen molar-refractivity contribution in [2.45, 2.75) is 73.3 Å². The lowest BCUT2D eigenvalue weighted by molar-refractivity contribution is 0.243. The maximum absolute atomic E-state index is 3.60. The van der Waals surface area contributed by atoms with Crippen molar-refractivity contribution in [2.24, 2.45) is 5.41 Å². The Bertz CT molecular complexity index is 406. The van der Waals surface area contributed by atoms with Gasteiger partial charge in [0.1, 0.15) is 0 Å². The summed E-state index contributed by atoms with van der Waals surface area (Å²) in [5.74, 6) is 0. The molecule has 1 heteroatoms. The minimum absolute atomic E-state index is 0.274. The van der Waals surface area contributed by atoms with Crippen molar-refractivity contribution >= 4 is 0 Å².